The lowest BCUT2D eigenvalue weighted by molar-refractivity contribution is -0.137. The molecule has 1 fully saturated rings. The van der Waals surface area contributed by atoms with Crippen molar-refractivity contribution in [2.45, 2.75) is 49.5 Å². The second-order valence-corrected chi connectivity index (χ2v) is 10.8. The van der Waals surface area contributed by atoms with Gasteiger partial charge in [0.15, 0.2) is 0 Å². The highest BCUT2D eigenvalue weighted by Gasteiger charge is 2.39. The Labute approximate surface area is 219 Å². The molecular formula is C24H23ClF3N5O3S. The number of pyridine rings is 1. The van der Waals surface area contributed by atoms with Crippen LogP contribution in [-0.2, 0) is 12.7 Å². The molecule has 3 aromatic rings. The number of carboxylic acid groups (broad SMARTS) is 1. The van der Waals surface area contributed by atoms with Crippen molar-refractivity contribution in [3.63, 3.8) is 0 Å². The van der Waals surface area contributed by atoms with Gasteiger partial charge >= 0.3 is 18.0 Å². The summed E-state index contributed by atoms with van der Waals surface area (Å²) in [6.45, 7) is 4.00. The average molecular weight is 554 g/mol. The summed E-state index contributed by atoms with van der Waals surface area (Å²) in [5.41, 5.74) is -0.373. The lowest BCUT2D eigenvalue weighted by atomic mass is 10.0. The second kappa shape index (κ2) is 9.39. The number of piperazine rings is 1. The van der Waals surface area contributed by atoms with Crippen molar-refractivity contribution in [3.8, 4) is 0 Å². The maximum atomic E-state index is 14.1. The average Bonchev–Trinajstić information content (AvgIpc) is 3.03. The highest BCUT2D eigenvalue weighted by atomic mass is 35.5. The van der Waals surface area contributed by atoms with E-state index in [1.807, 2.05) is 12.1 Å². The Kier molecular flexibility index (Phi) is 6.51. The summed E-state index contributed by atoms with van der Waals surface area (Å²) in [4.78, 5) is 36.6. The SMILES string of the molecule is C[C@@H]1CN(c2nc(=O)n3c4c(c(Cl)c(C(F)(F)F)cc24)SC[C@@H](c2ccncc2)C3)C[C@H](C)N1C(=O)O. The summed E-state index contributed by atoms with van der Waals surface area (Å²) < 4.78 is 43.7. The molecular weight excluding hydrogens is 531 g/mol. The Morgan fingerprint density at radius 3 is 2.41 bits per heavy atom. The molecule has 13 heteroatoms. The van der Waals surface area contributed by atoms with Crippen molar-refractivity contribution in [1.82, 2.24) is 19.4 Å². The van der Waals surface area contributed by atoms with Crippen LogP contribution in [0, 0.1) is 0 Å². The molecule has 196 valence electrons. The Hall–Kier alpha value is -2.99. The van der Waals surface area contributed by atoms with Crippen LogP contribution in [0.2, 0.25) is 5.02 Å². The van der Waals surface area contributed by atoms with E-state index < -0.39 is 40.6 Å². The third kappa shape index (κ3) is 4.50. The summed E-state index contributed by atoms with van der Waals surface area (Å²) in [6.07, 6.45) is -2.54. The fraction of sp³-hybridized carbons (Fsp3) is 0.417. The first-order chi connectivity index (χ1) is 17.5. The number of aromatic nitrogens is 3. The minimum atomic E-state index is -4.72. The third-order valence-corrected chi connectivity index (χ3v) is 8.65. The summed E-state index contributed by atoms with van der Waals surface area (Å²) >= 11 is 7.55. The molecule has 1 aromatic carbocycles. The number of rotatable bonds is 2. The molecule has 1 amide bonds. The van der Waals surface area contributed by atoms with Crippen LogP contribution in [0.15, 0.2) is 40.3 Å². The summed E-state index contributed by atoms with van der Waals surface area (Å²) in [6, 6.07) is 3.68. The molecule has 0 bridgehead atoms. The van der Waals surface area contributed by atoms with Gasteiger partial charge in [0.1, 0.15) is 5.82 Å². The fourth-order valence-electron chi connectivity index (χ4n) is 5.29. The molecule has 4 heterocycles. The molecule has 1 N–H and O–H groups in total. The van der Waals surface area contributed by atoms with Gasteiger partial charge in [-0.05, 0) is 37.6 Å². The van der Waals surface area contributed by atoms with Crippen LogP contribution in [0.1, 0.15) is 30.9 Å². The Bertz CT molecular complexity index is 1420. The normalized spacial score (nSPS) is 22.3. The van der Waals surface area contributed by atoms with Crippen LogP contribution in [-0.4, -0.2) is 61.6 Å². The first-order valence-corrected chi connectivity index (χ1v) is 13.0. The zero-order chi connectivity index (χ0) is 26.6. The topological polar surface area (TPSA) is 91.6 Å². The number of carbonyl (C=O) groups is 1. The van der Waals surface area contributed by atoms with Crippen molar-refractivity contribution in [2.24, 2.45) is 0 Å². The predicted molar refractivity (Wildman–Crippen MR) is 135 cm³/mol. The Morgan fingerprint density at radius 1 is 1.16 bits per heavy atom. The van der Waals surface area contributed by atoms with Gasteiger partial charge in [0.25, 0.3) is 0 Å². The maximum Gasteiger partial charge on any atom is 0.417 e. The minimum Gasteiger partial charge on any atom is -0.465 e. The Morgan fingerprint density at radius 2 is 1.81 bits per heavy atom. The van der Waals surface area contributed by atoms with E-state index in [1.54, 1.807) is 31.1 Å². The fourth-order valence-corrected chi connectivity index (χ4v) is 6.96. The highest BCUT2D eigenvalue weighted by Crippen LogP contribution is 2.47. The van der Waals surface area contributed by atoms with E-state index in [2.05, 4.69) is 9.97 Å². The standard InChI is InChI=1S/C24H23ClF3N5O3S/c1-12-8-31(9-13(2)33(12)23(35)36)21-16-7-17(24(26,27)28)18(25)20-19(16)32(22(34)30-21)10-15(11-37-20)14-3-5-29-6-4-14/h3-7,12-13,15H,8-11H2,1-2H3,(H,35,36)/t12-,13+,15-/m0/s1. The van der Waals surface area contributed by atoms with Crippen molar-refractivity contribution in [3.05, 3.63) is 57.2 Å². The van der Waals surface area contributed by atoms with E-state index >= 15 is 0 Å². The van der Waals surface area contributed by atoms with Crippen LogP contribution in [0.3, 0.4) is 0 Å². The van der Waals surface area contributed by atoms with Gasteiger partial charge < -0.3 is 10.0 Å². The number of hydrogen-bond donors (Lipinski definition) is 1. The number of alkyl halides is 3. The van der Waals surface area contributed by atoms with Gasteiger partial charge in [-0.15, -0.1) is 11.8 Å². The molecule has 2 aliphatic heterocycles. The molecule has 3 atom stereocenters. The van der Waals surface area contributed by atoms with E-state index in [0.29, 0.717) is 11.3 Å². The molecule has 2 aromatic heterocycles. The largest absolute Gasteiger partial charge is 0.465 e. The number of anilines is 1. The van der Waals surface area contributed by atoms with Gasteiger partial charge in [0.2, 0.25) is 0 Å². The van der Waals surface area contributed by atoms with E-state index in [0.717, 1.165) is 11.6 Å². The van der Waals surface area contributed by atoms with Gasteiger partial charge in [0, 0.05) is 49.1 Å². The lowest BCUT2D eigenvalue weighted by Gasteiger charge is -2.43. The smallest absolute Gasteiger partial charge is 0.417 e. The van der Waals surface area contributed by atoms with Gasteiger partial charge in [-0.3, -0.25) is 14.5 Å². The number of halogens is 4. The van der Waals surface area contributed by atoms with E-state index in [9.17, 15) is 27.9 Å². The monoisotopic (exact) mass is 553 g/mol. The first-order valence-electron chi connectivity index (χ1n) is 11.6. The van der Waals surface area contributed by atoms with Crippen LogP contribution < -0.4 is 10.6 Å². The number of hydrogen-bond acceptors (Lipinski definition) is 6. The van der Waals surface area contributed by atoms with Crippen molar-refractivity contribution in [1.29, 1.82) is 0 Å². The van der Waals surface area contributed by atoms with Gasteiger partial charge in [-0.25, -0.2) is 9.59 Å². The van der Waals surface area contributed by atoms with E-state index in [1.165, 1.54) is 21.2 Å². The quantitative estimate of drug-likeness (QED) is 0.481. The highest BCUT2D eigenvalue weighted by molar-refractivity contribution is 7.99. The van der Waals surface area contributed by atoms with Crippen molar-refractivity contribution in [2.75, 3.05) is 23.7 Å². The molecule has 0 spiro atoms. The summed E-state index contributed by atoms with van der Waals surface area (Å²) in [5, 5.41) is 9.29. The van der Waals surface area contributed by atoms with Crippen LogP contribution in [0.25, 0.3) is 10.9 Å². The van der Waals surface area contributed by atoms with Crippen LogP contribution >= 0.6 is 23.4 Å². The van der Waals surface area contributed by atoms with Crippen molar-refractivity contribution < 1.29 is 23.1 Å². The van der Waals surface area contributed by atoms with Gasteiger partial charge in [-0.2, -0.15) is 18.2 Å². The molecule has 0 saturated carbocycles. The van der Waals surface area contributed by atoms with Crippen LogP contribution in [0.4, 0.5) is 23.8 Å². The van der Waals surface area contributed by atoms with Crippen molar-refractivity contribution >= 4 is 46.2 Å². The molecule has 5 rings (SSSR count). The predicted octanol–water partition coefficient (Wildman–Crippen LogP) is 4.93. The van der Waals surface area contributed by atoms with E-state index in [-0.39, 0.29) is 41.7 Å². The second-order valence-electron chi connectivity index (χ2n) is 9.37. The number of amides is 1. The summed E-state index contributed by atoms with van der Waals surface area (Å²) in [5.74, 6) is 0.326. The zero-order valence-electron chi connectivity index (χ0n) is 19.9. The number of thioether (sulfide) groups is 1. The summed E-state index contributed by atoms with van der Waals surface area (Å²) in [7, 11) is 0. The molecule has 8 nitrogen and oxygen atoms in total. The third-order valence-electron chi connectivity index (χ3n) is 6.89. The molecule has 37 heavy (non-hydrogen) atoms. The molecule has 1 saturated heterocycles. The van der Waals surface area contributed by atoms with Gasteiger partial charge in [0.05, 0.1) is 33.1 Å². The Balaban J connectivity index is 1.72. The maximum absolute atomic E-state index is 14.1. The first kappa shape index (κ1) is 25.7. The number of nitrogens with zero attached hydrogens (tertiary/aromatic N) is 5. The molecule has 0 radical (unpaired) electrons. The molecule has 0 aliphatic carbocycles. The minimum absolute atomic E-state index is 0.103. The molecule has 2 aliphatic rings. The van der Waals surface area contributed by atoms with E-state index in [4.69, 9.17) is 11.6 Å². The number of benzene rings is 1. The van der Waals surface area contributed by atoms with Gasteiger partial charge in [-0.1, -0.05) is 11.6 Å². The zero-order valence-corrected chi connectivity index (χ0v) is 21.4. The van der Waals surface area contributed by atoms with Crippen LogP contribution in [0.5, 0.6) is 0 Å². The molecule has 0 unspecified atom stereocenters. The lowest BCUT2D eigenvalue weighted by Crippen LogP contribution is -2.58.